The zero-order valence-electron chi connectivity index (χ0n) is 13.2. The average Bonchev–Trinajstić information content (AvgIpc) is 2.43. The number of carbonyl (C=O) groups is 2. The molecule has 0 aromatic heterocycles. The standard InChI is InChI=1S/C16H29NO3/c1-5-11(4)14(16(19)20)17-15(18)13-8-6-12(7-9-13)10(2)3/h10-14H,5-9H2,1-4H3,(H,17,18)(H,19,20)/t11-,12?,13?,14+/m0/s1. The van der Waals surface area contributed by atoms with Crippen LogP contribution in [0.15, 0.2) is 0 Å². The number of amides is 1. The Kier molecular flexibility index (Phi) is 6.50. The molecule has 1 fully saturated rings. The lowest BCUT2D eigenvalue weighted by Crippen LogP contribution is -2.47. The maximum absolute atomic E-state index is 12.2. The molecule has 0 aromatic rings. The highest BCUT2D eigenvalue weighted by atomic mass is 16.4. The van der Waals surface area contributed by atoms with Crippen LogP contribution in [0.25, 0.3) is 0 Å². The van der Waals surface area contributed by atoms with Crippen LogP contribution in [0.1, 0.15) is 59.8 Å². The van der Waals surface area contributed by atoms with E-state index < -0.39 is 12.0 Å². The van der Waals surface area contributed by atoms with E-state index in [1.165, 1.54) is 0 Å². The largest absolute Gasteiger partial charge is 0.480 e. The molecule has 1 aliphatic rings. The molecule has 1 amide bonds. The molecule has 0 bridgehead atoms. The molecule has 0 aliphatic heterocycles. The van der Waals surface area contributed by atoms with E-state index in [0.717, 1.165) is 32.1 Å². The average molecular weight is 283 g/mol. The van der Waals surface area contributed by atoms with Crippen molar-refractivity contribution in [1.82, 2.24) is 5.32 Å². The number of carbonyl (C=O) groups excluding carboxylic acids is 1. The molecule has 116 valence electrons. The van der Waals surface area contributed by atoms with Crippen LogP contribution < -0.4 is 5.32 Å². The first-order valence-corrected chi connectivity index (χ1v) is 7.89. The van der Waals surface area contributed by atoms with Gasteiger partial charge in [-0.3, -0.25) is 4.79 Å². The zero-order valence-corrected chi connectivity index (χ0v) is 13.2. The predicted molar refractivity (Wildman–Crippen MR) is 79.3 cm³/mol. The number of aliphatic carboxylic acids is 1. The summed E-state index contributed by atoms with van der Waals surface area (Å²) >= 11 is 0. The summed E-state index contributed by atoms with van der Waals surface area (Å²) in [4.78, 5) is 23.5. The second-order valence-corrected chi connectivity index (χ2v) is 6.57. The van der Waals surface area contributed by atoms with Gasteiger partial charge in [-0.05, 0) is 43.4 Å². The molecule has 0 saturated heterocycles. The lowest BCUT2D eigenvalue weighted by molar-refractivity contribution is -0.144. The van der Waals surface area contributed by atoms with Gasteiger partial charge in [-0.1, -0.05) is 34.1 Å². The Morgan fingerprint density at radius 3 is 2.10 bits per heavy atom. The van der Waals surface area contributed by atoms with E-state index in [2.05, 4.69) is 19.2 Å². The molecular weight excluding hydrogens is 254 g/mol. The predicted octanol–water partition coefficient (Wildman–Crippen LogP) is 3.06. The maximum atomic E-state index is 12.2. The lowest BCUT2D eigenvalue weighted by atomic mass is 9.76. The van der Waals surface area contributed by atoms with E-state index >= 15 is 0 Å². The summed E-state index contributed by atoms with van der Waals surface area (Å²) in [5.74, 6) is 0.345. The first-order chi connectivity index (χ1) is 9.36. The second kappa shape index (κ2) is 7.65. The minimum Gasteiger partial charge on any atom is -0.480 e. The van der Waals surface area contributed by atoms with Crippen LogP contribution in [0.5, 0.6) is 0 Å². The summed E-state index contributed by atoms with van der Waals surface area (Å²) in [7, 11) is 0. The minimum absolute atomic E-state index is 0.00379. The van der Waals surface area contributed by atoms with Crippen LogP contribution >= 0.6 is 0 Å². The fourth-order valence-corrected chi connectivity index (χ4v) is 3.00. The molecule has 1 rings (SSSR count). The van der Waals surface area contributed by atoms with Crippen molar-refractivity contribution in [3.05, 3.63) is 0 Å². The highest BCUT2D eigenvalue weighted by Gasteiger charge is 2.31. The molecule has 2 atom stereocenters. The number of rotatable bonds is 6. The Morgan fingerprint density at radius 2 is 1.70 bits per heavy atom. The van der Waals surface area contributed by atoms with Crippen molar-refractivity contribution in [2.24, 2.45) is 23.7 Å². The summed E-state index contributed by atoms with van der Waals surface area (Å²) < 4.78 is 0. The molecule has 0 unspecified atom stereocenters. The van der Waals surface area contributed by atoms with Crippen molar-refractivity contribution in [3.8, 4) is 0 Å². The Morgan fingerprint density at radius 1 is 1.15 bits per heavy atom. The summed E-state index contributed by atoms with van der Waals surface area (Å²) in [6.45, 7) is 8.28. The van der Waals surface area contributed by atoms with Gasteiger partial charge in [0.1, 0.15) is 6.04 Å². The molecule has 2 N–H and O–H groups in total. The van der Waals surface area contributed by atoms with Gasteiger partial charge in [0.15, 0.2) is 0 Å². The summed E-state index contributed by atoms with van der Waals surface area (Å²) in [5, 5.41) is 12.0. The van der Waals surface area contributed by atoms with Gasteiger partial charge in [0.2, 0.25) is 5.91 Å². The first kappa shape index (κ1) is 17.0. The maximum Gasteiger partial charge on any atom is 0.326 e. The Hall–Kier alpha value is -1.06. The van der Waals surface area contributed by atoms with E-state index in [-0.39, 0.29) is 17.7 Å². The van der Waals surface area contributed by atoms with Crippen LogP contribution in [0.2, 0.25) is 0 Å². The molecule has 1 aliphatic carbocycles. The van der Waals surface area contributed by atoms with Crippen molar-refractivity contribution >= 4 is 11.9 Å². The van der Waals surface area contributed by atoms with E-state index in [9.17, 15) is 14.7 Å². The molecule has 4 heteroatoms. The Balaban J connectivity index is 2.52. The highest BCUT2D eigenvalue weighted by Crippen LogP contribution is 2.33. The van der Waals surface area contributed by atoms with Gasteiger partial charge in [0.25, 0.3) is 0 Å². The molecule has 4 nitrogen and oxygen atoms in total. The number of carboxylic acids is 1. The molecule has 0 aromatic carbocycles. The third-order valence-corrected chi connectivity index (χ3v) is 4.86. The van der Waals surface area contributed by atoms with Gasteiger partial charge in [-0.25, -0.2) is 4.79 Å². The van der Waals surface area contributed by atoms with E-state index in [1.807, 2.05) is 13.8 Å². The van der Waals surface area contributed by atoms with E-state index in [0.29, 0.717) is 11.8 Å². The number of hydrogen-bond acceptors (Lipinski definition) is 2. The van der Waals surface area contributed by atoms with E-state index in [1.54, 1.807) is 0 Å². The summed E-state index contributed by atoms with van der Waals surface area (Å²) in [5.41, 5.74) is 0. The van der Waals surface area contributed by atoms with Gasteiger partial charge in [-0.2, -0.15) is 0 Å². The fourth-order valence-electron chi connectivity index (χ4n) is 3.00. The normalized spacial score (nSPS) is 26.1. The molecular formula is C16H29NO3. The van der Waals surface area contributed by atoms with Crippen molar-refractivity contribution in [2.75, 3.05) is 0 Å². The van der Waals surface area contributed by atoms with Gasteiger partial charge in [0, 0.05) is 5.92 Å². The van der Waals surface area contributed by atoms with Crippen LogP contribution in [0.4, 0.5) is 0 Å². The summed E-state index contributed by atoms with van der Waals surface area (Å²) in [6, 6.07) is -0.754. The minimum atomic E-state index is -0.927. The third-order valence-electron chi connectivity index (χ3n) is 4.86. The number of hydrogen-bond donors (Lipinski definition) is 2. The molecule has 1 saturated carbocycles. The summed E-state index contributed by atoms with van der Waals surface area (Å²) in [6.07, 6.45) is 4.69. The monoisotopic (exact) mass is 283 g/mol. The van der Waals surface area contributed by atoms with Crippen molar-refractivity contribution in [1.29, 1.82) is 0 Å². The van der Waals surface area contributed by atoms with Crippen molar-refractivity contribution in [3.63, 3.8) is 0 Å². The van der Waals surface area contributed by atoms with Crippen molar-refractivity contribution in [2.45, 2.75) is 65.8 Å². The Bertz CT molecular complexity index is 333. The molecule has 0 spiro atoms. The fraction of sp³-hybridized carbons (Fsp3) is 0.875. The van der Waals surface area contributed by atoms with Gasteiger partial charge < -0.3 is 10.4 Å². The van der Waals surface area contributed by atoms with Crippen LogP contribution in [-0.4, -0.2) is 23.0 Å². The van der Waals surface area contributed by atoms with Gasteiger partial charge in [0.05, 0.1) is 0 Å². The molecule has 0 radical (unpaired) electrons. The quantitative estimate of drug-likeness (QED) is 0.787. The molecule has 0 heterocycles. The zero-order chi connectivity index (χ0) is 15.3. The van der Waals surface area contributed by atoms with Crippen LogP contribution in [0.3, 0.4) is 0 Å². The van der Waals surface area contributed by atoms with Crippen LogP contribution in [-0.2, 0) is 9.59 Å². The van der Waals surface area contributed by atoms with E-state index in [4.69, 9.17) is 0 Å². The topological polar surface area (TPSA) is 66.4 Å². The smallest absolute Gasteiger partial charge is 0.326 e. The molecule has 20 heavy (non-hydrogen) atoms. The number of carboxylic acid groups (broad SMARTS) is 1. The van der Waals surface area contributed by atoms with Gasteiger partial charge >= 0.3 is 5.97 Å². The lowest BCUT2D eigenvalue weighted by Gasteiger charge is -2.31. The number of nitrogens with one attached hydrogen (secondary N) is 1. The first-order valence-electron chi connectivity index (χ1n) is 7.89. The van der Waals surface area contributed by atoms with Gasteiger partial charge in [-0.15, -0.1) is 0 Å². The van der Waals surface area contributed by atoms with Crippen molar-refractivity contribution < 1.29 is 14.7 Å². The Labute approximate surface area is 122 Å². The SMILES string of the molecule is CC[C@H](C)[C@@H](NC(=O)C1CCC(C(C)C)CC1)C(=O)O. The third kappa shape index (κ3) is 4.50. The highest BCUT2D eigenvalue weighted by molar-refractivity contribution is 5.85. The van der Waals surface area contributed by atoms with Crippen LogP contribution in [0, 0.1) is 23.7 Å². The second-order valence-electron chi connectivity index (χ2n) is 6.57.